The highest BCUT2D eigenvalue weighted by Gasteiger charge is 2.24. The smallest absolute Gasteiger partial charge is 0.135 e. The van der Waals surface area contributed by atoms with Gasteiger partial charge in [-0.2, -0.15) is 0 Å². The van der Waals surface area contributed by atoms with E-state index in [9.17, 15) is 4.79 Å². The third-order valence-corrected chi connectivity index (χ3v) is 1.69. The highest BCUT2D eigenvalue weighted by atomic mass is 16.3. The molecule has 1 saturated carbocycles. The molecule has 0 aliphatic heterocycles. The second-order valence-corrected chi connectivity index (χ2v) is 2.72. The Kier molecular flexibility index (Phi) is 2.22. The molecule has 1 unspecified atom stereocenters. The predicted octanol–water partition coefficient (Wildman–Crippen LogP) is -0.178. The van der Waals surface area contributed by atoms with Crippen LogP contribution in [0.5, 0.6) is 0 Å². The van der Waals surface area contributed by atoms with Crippen LogP contribution in [-0.4, -0.2) is 17.3 Å². The van der Waals surface area contributed by atoms with E-state index >= 15 is 0 Å². The summed E-state index contributed by atoms with van der Waals surface area (Å²) in [6.07, 6.45) is 1.83. The maximum atomic E-state index is 10.1. The molecular weight excluding hydrogens is 130 g/mol. The molecule has 0 heterocycles. The molecule has 0 aromatic carbocycles. The van der Waals surface area contributed by atoms with Crippen LogP contribution in [-0.2, 0) is 4.79 Å². The first-order valence-electron chi connectivity index (χ1n) is 3.41. The van der Waals surface area contributed by atoms with Crippen LogP contribution < -0.4 is 5.73 Å². The van der Waals surface area contributed by atoms with Crippen LogP contribution in [0.2, 0.25) is 0 Å². The highest BCUT2D eigenvalue weighted by Crippen LogP contribution is 2.34. The maximum Gasteiger partial charge on any atom is 0.135 e. The van der Waals surface area contributed by atoms with Gasteiger partial charge in [-0.3, -0.25) is 0 Å². The van der Waals surface area contributed by atoms with E-state index in [2.05, 4.69) is 0 Å². The zero-order valence-electron chi connectivity index (χ0n) is 5.71. The van der Waals surface area contributed by atoms with Crippen molar-refractivity contribution in [1.29, 1.82) is 0 Å². The Morgan fingerprint density at radius 3 is 2.70 bits per heavy atom. The average Bonchev–Trinajstić information content (AvgIpc) is 2.64. The summed E-state index contributed by atoms with van der Waals surface area (Å²) >= 11 is 0. The Labute approximate surface area is 59.5 Å². The molecule has 3 heteroatoms. The summed E-state index contributed by atoms with van der Waals surface area (Å²) in [6.45, 7) is 0. The molecule has 0 aromatic heterocycles. The maximum absolute atomic E-state index is 10.1. The van der Waals surface area contributed by atoms with Crippen molar-refractivity contribution in [1.82, 2.24) is 0 Å². The summed E-state index contributed by atoms with van der Waals surface area (Å²) in [6, 6.07) is 0. The Balaban J connectivity index is 2.40. The molecule has 1 fully saturated rings. The van der Waals surface area contributed by atoms with E-state index in [1.54, 1.807) is 5.94 Å². The van der Waals surface area contributed by atoms with E-state index < -0.39 is 6.23 Å². The van der Waals surface area contributed by atoms with Gasteiger partial charge in [0.1, 0.15) is 12.2 Å². The zero-order valence-corrected chi connectivity index (χ0v) is 5.71. The van der Waals surface area contributed by atoms with Crippen molar-refractivity contribution in [3.8, 4) is 0 Å². The molecule has 1 aliphatic carbocycles. The number of aliphatic hydroxyl groups excluding tert-OH is 1. The minimum Gasteiger partial charge on any atom is -0.374 e. The average molecular weight is 141 g/mol. The lowest BCUT2D eigenvalue weighted by Crippen LogP contribution is -2.22. The lowest BCUT2D eigenvalue weighted by Gasteiger charge is -2.03. The van der Waals surface area contributed by atoms with Crippen LogP contribution in [0.15, 0.2) is 5.57 Å². The van der Waals surface area contributed by atoms with Gasteiger partial charge in [-0.25, -0.2) is 4.79 Å². The lowest BCUT2D eigenvalue weighted by molar-refractivity contribution is 0.215. The highest BCUT2D eigenvalue weighted by molar-refractivity contribution is 5.53. The molecule has 0 saturated heterocycles. The molecule has 1 rings (SSSR count). The summed E-state index contributed by atoms with van der Waals surface area (Å²) in [4.78, 5) is 10.1. The number of nitrogens with two attached hydrogens (primary N) is 1. The fourth-order valence-electron chi connectivity index (χ4n) is 0.856. The number of rotatable bonds is 3. The molecule has 1 aliphatic rings. The summed E-state index contributed by atoms with van der Waals surface area (Å²) < 4.78 is 0. The molecule has 0 radical (unpaired) electrons. The lowest BCUT2D eigenvalue weighted by atomic mass is 10.1. The normalized spacial score (nSPS) is 19.8. The van der Waals surface area contributed by atoms with Gasteiger partial charge in [0.25, 0.3) is 0 Å². The minimum absolute atomic E-state index is 0.308. The third kappa shape index (κ3) is 1.95. The van der Waals surface area contributed by atoms with Crippen molar-refractivity contribution in [2.24, 2.45) is 11.7 Å². The molecular formula is C7H11NO2. The van der Waals surface area contributed by atoms with Gasteiger partial charge < -0.3 is 10.8 Å². The number of aliphatic hydroxyl groups is 1. The second kappa shape index (κ2) is 2.97. The fraction of sp³-hybridized carbons (Fsp3) is 0.714. The largest absolute Gasteiger partial charge is 0.374 e. The van der Waals surface area contributed by atoms with Crippen LogP contribution in [0.4, 0.5) is 0 Å². The van der Waals surface area contributed by atoms with Gasteiger partial charge in [-0.05, 0) is 25.2 Å². The first-order chi connectivity index (χ1) is 4.74. The van der Waals surface area contributed by atoms with E-state index in [1.807, 2.05) is 0 Å². The first-order valence-corrected chi connectivity index (χ1v) is 3.41. The fourth-order valence-corrected chi connectivity index (χ4v) is 0.856. The van der Waals surface area contributed by atoms with Gasteiger partial charge in [0.05, 0.1) is 5.57 Å². The van der Waals surface area contributed by atoms with Gasteiger partial charge in [0, 0.05) is 0 Å². The molecule has 56 valence electrons. The Morgan fingerprint density at radius 1 is 1.80 bits per heavy atom. The molecule has 0 aromatic rings. The number of hydrogen-bond donors (Lipinski definition) is 2. The van der Waals surface area contributed by atoms with Crippen molar-refractivity contribution in [3.05, 3.63) is 5.57 Å². The van der Waals surface area contributed by atoms with E-state index in [0.717, 1.165) is 12.8 Å². The van der Waals surface area contributed by atoms with Crippen LogP contribution >= 0.6 is 0 Å². The monoisotopic (exact) mass is 141 g/mol. The molecule has 10 heavy (non-hydrogen) atoms. The van der Waals surface area contributed by atoms with Gasteiger partial charge in [0.15, 0.2) is 0 Å². The Morgan fingerprint density at radius 2 is 2.40 bits per heavy atom. The molecule has 0 amide bonds. The quantitative estimate of drug-likeness (QED) is 0.423. The van der Waals surface area contributed by atoms with Gasteiger partial charge in [-0.1, -0.05) is 0 Å². The molecule has 3 nitrogen and oxygen atoms in total. The summed E-state index contributed by atoms with van der Waals surface area (Å²) in [7, 11) is 0. The SMILES string of the molecule is NC(O)C(=C=O)CC1CC1. The summed E-state index contributed by atoms with van der Waals surface area (Å²) in [5.41, 5.74) is 5.39. The Bertz CT molecular complexity index is 166. The first kappa shape index (κ1) is 7.48. The van der Waals surface area contributed by atoms with Crippen LogP contribution in [0.25, 0.3) is 0 Å². The number of hydrogen-bond acceptors (Lipinski definition) is 3. The molecule has 0 bridgehead atoms. The third-order valence-electron chi connectivity index (χ3n) is 1.69. The van der Waals surface area contributed by atoms with Crippen molar-refractivity contribution >= 4 is 5.94 Å². The standard InChI is InChI=1S/C7H11NO2/c8-7(10)6(4-9)3-5-1-2-5/h5,7,10H,1-3,8H2. The summed E-state index contributed by atoms with van der Waals surface area (Å²) in [5, 5.41) is 8.77. The van der Waals surface area contributed by atoms with Crippen molar-refractivity contribution in [2.75, 3.05) is 0 Å². The van der Waals surface area contributed by atoms with Crippen molar-refractivity contribution in [2.45, 2.75) is 25.5 Å². The number of carbonyl (C=O) groups excluding carboxylic acids is 1. The second-order valence-electron chi connectivity index (χ2n) is 2.72. The molecule has 1 atom stereocenters. The summed E-state index contributed by atoms with van der Waals surface area (Å²) in [5.74, 6) is 2.24. The van der Waals surface area contributed by atoms with E-state index in [1.165, 1.54) is 0 Å². The van der Waals surface area contributed by atoms with Crippen molar-refractivity contribution in [3.63, 3.8) is 0 Å². The van der Waals surface area contributed by atoms with Gasteiger partial charge in [0.2, 0.25) is 0 Å². The van der Waals surface area contributed by atoms with E-state index in [0.29, 0.717) is 17.9 Å². The topological polar surface area (TPSA) is 63.3 Å². The molecule has 0 spiro atoms. The predicted molar refractivity (Wildman–Crippen MR) is 36.7 cm³/mol. The Hall–Kier alpha value is -0.630. The van der Waals surface area contributed by atoms with Crippen LogP contribution in [0.3, 0.4) is 0 Å². The van der Waals surface area contributed by atoms with Crippen LogP contribution in [0, 0.1) is 5.92 Å². The van der Waals surface area contributed by atoms with E-state index in [-0.39, 0.29) is 0 Å². The van der Waals surface area contributed by atoms with Crippen molar-refractivity contribution < 1.29 is 9.90 Å². The molecule has 3 N–H and O–H groups in total. The zero-order chi connectivity index (χ0) is 7.56. The van der Waals surface area contributed by atoms with Crippen LogP contribution in [0.1, 0.15) is 19.3 Å². The minimum atomic E-state index is -1.10. The van der Waals surface area contributed by atoms with Gasteiger partial charge in [-0.15, -0.1) is 0 Å². The van der Waals surface area contributed by atoms with E-state index in [4.69, 9.17) is 10.8 Å². The van der Waals surface area contributed by atoms with Gasteiger partial charge >= 0.3 is 0 Å².